The molecule has 3 amide bonds. The van der Waals surface area contributed by atoms with E-state index >= 15 is 0 Å². The first-order valence-electron chi connectivity index (χ1n) is 11.5. The average molecular weight is 486 g/mol. The Morgan fingerprint density at radius 2 is 1.80 bits per heavy atom. The molecule has 0 saturated carbocycles. The Morgan fingerprint density at radius 1 is 1.11 bits per heavy atom. The van der Waals surface area contributed by atoms with Crippen molar-refractivity contribution in [1.82, 2.24) is 9.80 Å². The number of hydrogen-bond donors (Lipinski definition) is 1. The maximum atomic E-state index is 13.4. The number of hydrogen-bond acceptors (Lipinski definition) is 5. The molecule has 9 heteroatoms. The number of fused-ring (bicyclic) bond motifs is 1. The molecule has 2 aromatic rings. The van der Waals surface area contributed by atoms with Crippen LogP contribution in [0.4, 0.5) is 10.1 Å². The molecule has 35 heavy (non-hydrogen) atoms. The van der Waals surface area contributed by atoms with Crippen molar-refractivity contribution in [3.63, 3.8) is 0 Å². The van der Waals surface area contributed by atoms with Gasteiger partial charge in [0.2, 0.25) is 5.91 Å². The molecule has 8 nitrogen and oxygen atoms in total. The topological polar surface area (TPSA) is 88.2 Å². The van der Waals surface area contributed by atoms with Crippen molar-refractivity contribution >= 4 is 23.4 Å². The molecule has 0 saturated heterocycles. The summed E-state index contributed by atoms with van der Waals surface area (Å²) in [4.78, 5) is 41.4. The van der Waals surface area contributed by atoms with Gasteiger partial charge in [-0.1, -0.05) is 6.92 Å². The highest BCUT2D eigenvalue weighted by Crippen LogP contribution is 2.27. The van der Waals surface area contributed by atoms with Gasteiger partial charge in [0.25, 0.3) is 11.8 Å². The lowest BCUT2D eigenvalue weighted by molar-refractivity contribution is -0.114. The largest absolute Gasteiger partial charge is 0.491 e. The number of nitrogens with one attached hydrogen (secondary N) is 1. The number of anilines is 1. The third-order valence-corrected chi connectivity index (χ3v) is 6.12. The van der Waals surface area contributed by atoms with E-state index < -0.39 is 5.82 Å². The van der Waals surface area contributed by atoms with Crippen LogP contribution in [-0.4, -0.2) is 73.5 Å². The van der Waals surface area contributed by atoms with Gasteiger partial charge in [-0.05, 0) is 43.3 Å². The SMILES string of the molecule is CO[C@H]1CN(C)C(=O)c2ccc(NC(C)=O)cc2OC[C@@H](C)N(C(=O)c2ccc(F)cc2)C[C@@H]1C. The van der Waals surface area contributed by atoms with Gasteiger partial charge in [0.05, 0.1) is 17.7 Å². The molecular weight excluding hydrogens is 453 g/mol. The van der Waals surface area contributed by atoms with Crippen LogP contribution in [0.15, 0.2) is 42.5 Å². The Bertz CT molecular complexity index is 1080. The van der Waals surface area contributed by atoms with Gasteiger partial charge in [-0.25, -0.2) is 4.39 Å². The first-order chi connectivity index (χ1) is 16.6. The van der Waals surface area contributed by atoms with Gasteiger partial charge >= 0.3 is 0 Å². The van der Waals surface area contributed by atoms with E-state index in [1.807, 2.05) is 13.8 Å². The highest BCUT2D eigenvalue weighted by molar-refractivity contribution is 5.98. The van der Waals surface area contributed by atoms with Gasteiger partial charge in [-0.15, -0.1) is 0 Å². The first kappa shape index (κ1) is 26.2. The second-order valence-electron chi connectivity index (χ2n) is 8.95. The van der Waals surface area contributed by atoms with Crippen LogP contribution >= 0.6 is 0 Å². The Hall–Kier alpha value is -3.46. The van der Waals surface area contributed by atoms with E-state index in [0.29, 0.717) is 35.7 Å². The number of likely N-dealkylation sites (N-methyl/N-ethyl adjacent to an activating group) is 1. The van der Waals surface area contributed by atoms with E-state index in [1.165, 1.54) is 31.2 Å². The molecule has 0 aliphatic carbocycles. The zero-order valence-electron chi connectivity index (χ0n) is 20.7. The molecule has 0 bridgehead atoms. The molecular formula is C26H32FN3O5. The van der Waals surface area contributed by atoms with E-state index in [1.54, 1.807) is 42.2 Å². The summed E-state index contributed by atoms with van der Waals surface area (Å²) in [5.41, 5.74) is 1.20. The normalized spacial score (nSPS) is 21.3. The fraction of sp³-hybridized carbons (Fsp3) is 0.423. The molecule has 1 N–H and O–H groups in total. The maximum Gasteiger partial charge on any atom is 0.257 e. The van der Waals surface area contributed by atoms with Crippen LogP contribution in [0.2, 0.25) is 0 Å². The Kier molecular flexibility index (Phi) is 8.45. The first-order valence-corrected chi connectivity index (χ1v) is 11.5. The van der Waals surface area contributed by atoms with Gasteiger partial charge in [0.15, 0.2) is 0 Å². The minimum atomic E-state index is -0.418. The van der Waals surface area contributed by atoms with Crippen molar-refractivity contribution in [2.24, 2.45) is 5.92 Å². The lowest BCUT2D eigenvalue weighted by Crippen LogP contribution is -2.48. The number of amides is 3. The van der Waals surface area contributed by atoms with E-state index in [-0.39, 0.29) is 42.4 Å². The van der Waals surface area contributed by atoms with Gasteiger partial charge in [0.1, 0.15) is 18.2 Å². The van der Waals surface area contributed by atoms with Crippen LogP contribution in [0.3, 0.4) is 0 Å². The lowest BCUT2D eigenvalue weighted by Gasteiger charge is -2.36. The summed E-state index contributed by atoms with van der Waals surface area (Å²) >= 11 is 0. The number of carbonyl (C=O) groups is 3. The second kappa shape index (κ2) is 11.3. The highest BCUT2D eigenvalue weighted by atomic mass is 19.1. The van der Waals surface area contributed by atoms with Gasteiger partial charge in [-0.2, -0.15) is 0 Å². The fourth-order valence-corrected chi connectivity index (χ4v) is 4.09. The van der Waals surface area contributed by atoms with E-state index in [0.717, 1.165) is 0 Å². The molecule has 1 aliphatic heterocycles. The summed E-state index contributed by atoms with van der Waals surface area (Å²) in [5.74, 6) is -0.964. The van der Waals surface area contributed by atoms with Crippen LogP contribution in [0, 0.1) is 11.7 Å². The van der Waals surface area contributed by atoms with E-state index in [4.69, 9.17) is 9.47 Å². The van der Waals surface area contributed by atoms with E-state index in [9.17, 15) is 18.8 Å². The number of methoxy groups -OCH3 is 1. The molecule has 0 spiro atoms. The third-order valence-electron chi connectivity index (χ3n) is 6.12. The van der Waals surface area contributed by atoms with Crippen LogP contribution in [0.5, 0.6) is 5.75 Å². The molecule has 0 aromatic heterocycles. The zero-order valence-corrected chi connectivity index (χ0v) is 20.7. The quantitative estimate of drug-likeness (QED) is 0.720. The van der Waals surface area contributed by atoms with Crippen molar-refractivity contribution in [3.05, 3.63) is 59.4 Å². The number of carbonyl (C=O) groups excluding carboxylic acids is 3. The van der Waals surface area contributed by atoms with Crippen LogP contribution in [0.25, 0.3) is 0 Å². The molecule has 0 unspecified atom stereocenters. The number of ether oxygens (including phenoxy) is 2. The molecule has 188 valence electrons. The predicted molar refractivity (Wildman–Crippen MR) is 130 cm³/mol. The second-order valence-corrected chi connectivity index (χ2v) is 8.95. The maximum absolute atomic E-state index is 13.4. The lowest BCUT2D eigenvalue weighted by atomic mass is 10.0. The molecule has 2 aromatic carbocycles. The van der Waals surface area contributed by atoms with Crippen LogP contribution in [-0.2, 0) is 9.53 Å². The number of rotatable bonds is 3. The summed E-state index contributed by atoms with van der Waals surface area (Å²) in [6.07, 6.45) is -0.331. The smallest absolute Gasteiger partial charge is 0.257 e. The Balaban J connectivity index is 2.00. The summed E-state index contributed by atoms with van der Waals surface area (Å²) in [5, 5.41) is 2.69. The standard InChI is InChI=1S/C26H32FN3O5/c1-16-13-30(25(32)19-6-8-20(27)9-7-19)17(2)15-35-23-12-21(28-18(3)31)10-11-22(23)26(33)29(4)14-24(16)34-5/h6-12,16-17,24H,13-15H2,1-5H3,(H,28,31)/t16-,17+,24-/m0/s1. The Morgan fingerprint density at radius 3 is 2.43 bits per heavy atom. The number of benzene rings is 2. The van der Waals surface area contributed by atoms with Crippen molar-refractivity contribution < 1.29 is 28.2 Å². The molecule has 1 aliphatic rings. The summed E-state index contributed by atoms with van der Waals surface area (Å²) in [6.45, 7) is 5.96. The summed E-state index contributed by atoms with van der Waals surface area (Å²) in [6, 6.07) is 9.91. The van der Waals surface area contributed by atoms with Crippen molar-refractivity contribution in [1.29, 1.82) is 0 Å². The predicted octanol–water partition coefficient (Wildman–Crippen LogP) is 3.43. The highest BCUT2D eigenvalue weighted by Gasteiger charge is 2.31. The van der Waals surface area contributed by atoms with E-state index in [2.05, 4.69) is 5.32 Å². The van der Waals surface area contributed by atoms with Crippen molar-refractivity contribution in [2.45, 2.75) is 32.9 Å². The third kappa shape index (κ3) is 6.36. The summed E-state index contributed by atoms with van der Waals surface area (Å²) in [7, 11) is 3.26. The van der Waals surface area contributed by atoms with Crippen molar-refractivity contribution in [3.8, 4) is 5.75 Å². The molecule has 0 radical (unpaired) electrons. The van der Waals surface area contributed by atoms with Crippen molar-refractivity contribution in [2.75, 3.05) is 39.2 Å². The molecule has 0 fully saturated rings. The van der Waals surface area contributed by atoms with Crippen LogP contribution < -0.4 is 10.1 Å². The minimum absolute atomic E-state index is 0.102. The van der Waals surface area contributed by atoms with Crippen LogP contribution in [0.1, 0.15) is 41.5 Å². The van der Waals surface area contributed by atoms with Gasteiger partial charge in [-0.3, -0.25) is 14.4 Å². The molecule has 1 heterocycles. The Labute approximate surface area is 205 Å². The van der Waals surface area contributed by atoms with Gasteiger partial charge in [0, 0.05) is 57.4 Å². The zero-order chi connectivity index (χ0) is 25.7. The fourth-order valence-electron chi connectivity index (χ4n) is 4.09. The molecule has 3 atom stereocenters. The van der Waals surface area contributed by atoms with Gasteiger partial charge < -0.3 is 24.6 Å². The monoisotopic (exact) mass is 485 g/mol. The minimum Gasteiger partial charge on any atom is -0.491 e. The molecule has 3 rings (SSSR count). The summed E-state index contributed by atoms with van der Waals surface area (Å²) < 4.78 is 25.2. The average Bonchev–Trinajstić information content (AvgIpc) is 2.82. The number of nitrogens with zero attached hydrogens (tertiary/aromatic N) is 2. The number of halogens is 1.